The molecule has 0 atom stereocenters. The summed E-state index contributed by atoms with van der Waals surface area (Å²) >= 11 is 0. The Kier molecular flexibility index (Phi) is 5.89. The van der Waals surface area contributed by atoms with Crippen LogP contribution in [0.15, 0.2) is 79.6 Å². The summed E-state index contributed by atoms with van der Waals surface area (Å²) in [7, 11) is 0. The van der Waals surface area contributed by atoms with Gasteiger partial charge >= 0.3 is 5.97 Å². The van der Waals surface area contributed by atoms with Crippen LogP contribution >= 0.6 is 0 Å². The average Bonchev–Trinajstić information content (AvgIpc) is 2.61. The van der Waals surface area contributed by atoms with Gasteiger partial charge in [-0.15, -0.1) is 0 Å². The van der Waals surface area contributed by atoms with E-state index in [1.165, 1.54) is 12.3 Å². The molecule has 0 saturated heterocycles. The maximum Gasteiger partial charge on any atom is 0.334 e. The first-order valence-corrected chi connectivity index (χ1v) is 7.02. The van der Waals surface area contributed by atoms with Crippen LogP contribution < -0.4 is 4.74 Å². The number of para-hydroxylation sites is 1. The third-order valence-electron chi connectivity index (χ3n) is 2.95. The summed E-state index contributed by atoms with van der Waals surface area (Å²) in [6.07, 6.45) is 3.83. The highest BCUT2D eigenvalue weighted by Crippen LogP contribution is 2.21. The minimum absolute atomic E-state index is 0.108. The lowest BCUT2D eigenvalue weighted by atomic mass is 10.0. The van der Waals surface area contributed by atoms with E-state index in [4.69, 9.17) is 9.47 Å². The molecular weight excluding hydrogens is 292 g/mol. The van der Waals surface area contributed by atoms with E-state index in [0.717, 1.165) is 6.08 Å². The minimum Gasteiger partial charge on any atom is -0.489 e. The van der Waals surface area contributed by atoms with Crippen LogP contribution in [0.1, 0.15) is 15.9 Å². The van der Waals surface area contributed by atoms with E-state index >= 15 is 0 Å². The van der Waals surface area contributed by atoms with Gasteiger partial charge in [0.25, 0.3) is 0 Å². The molecule has 0 fully saturated rings. The van der Waals surface area contributed by atoms with E-state index in [0.29, 0.717) is 16.9 Å². The maximum absolute atomic E-state index is 12.5. The minimum atomic E-state index is -0.541. The summed E-state index contributed by atoms with van der Waals surface area (Å²) in [5.74, 6) is -0.176. The Hall–Kier alpha value is -3.14. The van der Waals surface area contributed by atoms with E-state index in [1.807, 2.05) is 18.2 Å². The van der Waals surface area contributed by atoms with Crippen LogP contribution in [0, 0.1) is 0 Å². The number of rotatable bonds is 7. The quantitative estimate of drug-likeness (QED) is 0.340. The second-order valence-electron chi connectivity index (χ2n) is 4.52. The summed E-state index contributed by atoms with van der Waals surface area (Å²) in [5, 5.41) is 0. The van der Waals surface area contributed by atoms with Gasteiger partial charge in [-0.3, -0.25) is 4.79 Å². The van der Waals surface area contributed by atoms with Crippen molar-refractivity contribution in [1.29, 1.82) is 0 Å². The van der Waals surface area contributed by atoms with Crippen LogP contribution in [-0.2, 0) is 9.53 Å². The van der Waals surface area contributed by atoms with Crippen molar-refractivity contribution in [2.75, 3.05) is 6.61 Å². The van der Waals surface area contributed by atoms with Crippen LogP contribution in [0.5, 0.6) is 5.75 Å². The molecule has 0 unspecified atom stereocenters. The fourth-order valence-corrected chi connectivity index (χ4v) is 1.87. The van der Waals surface area contributed by atoms with Crippen LogP contribution in [0.4, 0.5) is 0 Å². The van der Waals surface area contributed by atoms with Crippen molar-refractivity contribution in [3.05, 3.63) is 90.7 Å². The lowest BCUT2D eigenvalue weighted by Gasteiger charge is -2.09. The average molecular weight is 308 g/mol. The smallest absolute Gasteiger partial charge is 0.334 e. The van der Waals surface area contributed by atoms with Crippen LogP contribution in [0.3, 0.4) is 0 Å². The van der Waals surface area contributed by atoms with E-state index in [2.05, 4.69) is 6.58 Å². The Bertz CT molecular complexity index is 717. The van der Waals surface area contributed by atoms with Gasteiger partial charge in [0.2, 0.25) is 0 Å². The number of benzene rings is 2. The van der Waals surface area contributed by atoms with Gasteiger partial charge < -0.3 is 9.47 Å². The monoisotopic (exact) mass is 308 g/mol. The Labute approximate surface area is 134 Å². The number of carbonyl (C=O) groups excluding carboxylic acids is 2. The van der Waals surface area contributed by atoms with Crippen molar-refractivity contribution in [3.63, 3.8) is 0 Å². The number of hydrogen-bond donors (Lipinski definition) is 0. The molecule has 116 valence electrons. The summed E-state index contributed by atoms with van der Waals surface area (Å²) < 4.78 is 10.3. The van der Waals surface area contributed by atoms with Crippen molar-refractivity contribution in [3.8, 4) is 5.75 Å². The zero-order chi connectivity index (χ0) is 16.5. The van der Waals surface area contributed by atoms with Crippen molar-refractivity contribution < 1.29 is 19.1 Å². The largest absolute Gasteiger partial charge is 0.489 e. The topological polar surface area (TPSA) is 52.6 Å². The first kappa shape index (κ1) is 16.2. The molecule has 0 aliphatic heterocycles. The van der Waals surface area contributed by atoms with Crippen LogP contribution in [0.25, 0.3) is 0 Å². The predicted octanol–water partition coefficient (Wildman–Crippen LogP) is 3.54. The molecule has 2 aromatic carbocycles. The van der Waals surface area contributed by atoms with Crippen LogP contribution in [-0.4, -0.2) is 18.4 Å². The third kappa shape index (κ3) is 4.68. The van der Waals surface area contributed by atoms with E-state index in [-0.39, 0.29) is 12.4 Å². The van der Waals surface area contributed by atoms with Crippen molar-refractivity contribution in [1.82, 2.24) is 0 Å². The summed E-state index contributed by atoms with van der Waals surface area (Å²) in [5.41, 5.74) is 1.08. The molecule has 4 nitrogen and oxygen atoms in total. The molecule has 0 amide bonds. The summed E-state index contributed by atoms with van der Waals surface area (Å²) in [6, 6.07) is 16.0. The van der Waals surface area contributed by atoms with E-state index < -0.39 is 5.97 Å². The standard InChI is InChI=1S/C19H16O4/c1-2-18(20)23-14-8-13-22-17-12-7-6-11-16(17)19(21)15-9-4-3-5-10-15/h2-12,14H,1,13H2. The van der Waals surface area contributed by atoms with Crippen molar-refractivity contribution in [2.24, 2.45) is 0 Å². The zero-order valence-corrected chi connectivity index (χ0v) is 12.5. The first-order valence-electron chi connectivity index (χ1n) is 7.02. The molecule has 0 saturated carbocycles. The molecule has 0 spiro atoms. The Balaban J connectivity index is 2.05. The summed E-state index contributed by atoms with van der Waals surface area (Å²) in [6.45, 7) is 3.46. The van der Waals surface area contributed by atoms with Crippen molar-refractivity contribution in [2.45, 2.75) is 0 Å². The normalized spacial score (nSPS) is 10.3. The van der Waals surface area contributed by atoms with E-state index in [1.54, 1.807) is 36.4 Å². The maximum atomic E-state index is 12.5. The van der Waals surface area contributed by atoms with Crippen molar-refractivity contribution >= 4 is 11.8 Å². The second kappa shape index (κ2) is 8.34. The number of hydrogen-bond acceptors (Lipinski definition) is 4. The highest BCUT2D eigenvalue weighted by molar-refractivity contribution is 6.10. The first-order chi connectivity index (χ1) is 11.2. The van der Waals surface area contributed by atoms with Gasteiger partial charge in [-0.2, -0.15) is 0 Å². The fourth-order valence-electron chi connectivity index (χ4n) is 1.87. The number of carbonyl (C=O) groups is 2. The number of ether oxygens (including phenoxy) is 2. The Morgan fingerprint density at radius 2 is 1.70 bits per heavy atom. The molecular formula is C19H16O4. The number of esters is 1. The molecule has 2 rings (SSSR count). The SMILES string of the molecule is C=CC(=O)OC=CCOc1ccccc1C(=O)c1ccccc1. The molecule has 2 aromatic rings. The molecule has 0 N–H and O–H groups in total. The molecule has 0 radical (unpaired) electrons. The van der Waals surface area contributed by atoms with Gasteiger partial charge in [0.05, 0.1) is 11.8 Å². The summed E-state index contributed by atoms with van der Waals surface area (Å²) in [4.78, 5) is 23.4. The molecule has 23 heavy (non-hydrogen) atoms. The van der Waals surface area contributed by atoms with E-state index in [9.17, 15) is 9.59 Å². The second-order valence-corrected chi connectivity index (χ2v) is 4.52. The Morgan fingerprint density at radius 1 is 1.00 bits per heavy atom. The highest BCUT2D eigenvalue weighted by Gasteiger charge is 2.13. The molecule has 0 aliphatic rings. The van der Waals surface area contributed by atoms with Gasteiger partial charge in [-0.25, -0.2) is 4.79 Å². The van der Waals surface area contributed by atoms with Gasteiger partial charge in [0, 0.05) is 11.6 Å². The molecule has 0 heterocycles. The lowest BCUT2D eigenvalue weighted by Crippen LogP contribution is -2.05. The molecule has 4 heteroatoms. The molecule has 0 aliphatic carbocycles. The van der Waals surface area contributed by atoms with Gasteiger partial charge in [0.15, 0.2) is 5.78 Å². The van der Waals surface area contributed by atoms with Gasteiger partial charge in [-0.1, -0.05) is 49.0 Å². The third-order valence-corrected chi connectivity index (χ3v) is 2.95. The Morgan fingerprint density at radius 3 is 2.43 bits per heavy atom. The molecule has 0 bridgehead atoms. The van der Waals surface area contributed by atoms with Gasteiger partial charge in [0.1, 0.15) is 12.4 Å². The van der Waals surface area contributed by atoms with Gasteiger partial charge in [-0.05, 0) is 18.2 Å². The highest BCUT2D eigenvalue weighted by atomic mass is 16.5. The predicted molar refractivity (Wildman–Crippen MR) is 87.2 cm³/mol. The fraction of sp³-hybridized carbons (Fsp3) is 0.0526. The number of ketones is 1. The zero-order valence-electron chi connectivity index (χ0n) is 12.5. The lowest BCUT2D eigenvalue weighted by molar-refractivity contribution is -0.132. The van der Waals surface area contributed by atoms with Crippen LogP contribution in [0.2, 0.25) is 0 Å². The molecule has 0 aromatic heterocycles.